The van der Waals surface area contributed by atoms with Crippen LogP contribution in [0.1, 0.15) is 37.0 Å². The molecule has 1 aliphatic heterocycles. The minimum absolute atomic E-state index is 0.0862. The average molecular weight is 392 g/mol. The fourth-order valence-electron chi connectivity index (χ4n) is 3.04. The summed E-state index contributed by atoms with van der Waals surface area (Å²) in [5, 5.41) is 11.2. The van der Waals surface area contributed by atoms with Gasteiger partial charge in [0.25, 0.3) is 5.91 Å². The van der Waals surface area contributed by atoms with E-state index in [9.17, 15) is 14.4 Å². The first-order valence-corrected chi connectivity index (χ1v) is 9.31. The normalized spacial score (nSPS) is 15.8. The Morgan fingerprint density at radius 1 is 1.25 bits per heavy atom. The Labute approximate surface area is 164 Å². The Hall–Kier alpha value is -2.84. The van der Waals surface area contributed by atoms with Crippen molar-refractivity contribution in [3.05, 3.63) is 23.9 Å². The molecule has 28 heavy (non-hydrogen) atoms. The van der Waals surface area contributed by atoms with Crippen molar-refractivity contribution in [1.29, 1.82) is 0 Å². The van der Waals surface area contributed by atoms with Crippen LogP contribution in [0.5, 0.6) is 5.88 Å². The van der Waals surface area contributed by atoms with Crippen LogP contribution in [0, 0.1) is 5.92 Å². The fraction of sp³-hybridized carbons (Fsp3) is 0.579. The summed E-state index contributed by atoms with van der Waals surface area (Å²) >= 11 is 0. The highest BCUT2D eigenvalue weighted by Crippen LogP contribution is 2.19. The van der Waals surface area contributed by atoms with E-state index >= 15 is 0 Å². The predicted molar refractivity (Wildman–Crippen MR) is 102 cm³/mol. The SMILES string of the molecule is CC(C)[C@H](NC(=O)O)C(=O)N1CCC(Oc2ccc(C(=O)N(C)C)cn2)CC1. The van der Waals surface area contributed by atoms with Crippen molar-refractivity contribution in [2.24, 2.45) is 5.92 Å². The van der Waals surface area contributed by atoms with Crippen molar-refractivity contribution in [3.8, 4) is 5.88 Å². The summed E-state index contributed by atoms with van der Waals surface area (Å²) in [7, 11) is 3.36. The van der Waals surface area contributed by atoms with E-state index in [0.29, 0.717) is 37.4 Å². The third kappa shape index (κ3) is 5.58. The topological polar surface area (TPSA) is 112 Å². The van der Waals surface area contributed by atoms with Crippen LogP contribution in [0.3, 0.4) is 0 Å². The van der Waals surface area contributed by atoms with E-state index in [1.807, 2.05) is 13.8 Å². The van der Waals surface area contributed by atoms with Crippen molar-refractivity contribution >= 4 is 17.9 Å². The summed E-state index contributed by atoms with van der Waals surface area (Å²) in [6.07, 6.45) is 1.46. The monoisotopic (exact) mass is 392 g/mol. The van der Waals surface area contributed by atoms with Crippen molar-refractivity contribution in [2.45, 2.75) is 38.8 Å². The molecule has 9 nitrogen and oxygen atoms in total. The van der Waals surface area contributed by atoms with Gasteiger partial charge in [0.2, 0.25) is 11.8 Å². The highest BCUT2D eigenvalue weighted by molar-refractivity contribution is 5.93. The smallest absolute Gasteiger partial charge is 0.405 e. The summed E-state index contributed by atoms with van der Waals surface area (Å²) in [5.41, 5.74) is 0.489. The number of nitrogens with zero attached hydrogens (tertiary/aromatic N) is 3. The lowest BCUT2D eigenvalue weighted by Gasteiger charge is -2.35. The maximum Gasteiger partial charge on any atom is 0.405 e. The molecule has 1 atom stereocenters. The number of nitrogens with one attached hydrogen (secondary N) is 1. The van der Waals surface area contributed by atoms with Gasteiger partial charge in [-0.2, -0.15) is 0 Å². The molecule has 0 aromatic carbocycles. The van der Waals surface area contributed by atoms with E-state index in [1.165, 1.54) is 11.1 Å². The molecule has 2 rings (SSSR count). The van der Waals surface area contributed by atoms with Crippen LogP contribution in [0.25, 0.3) is 0 Å². The molecule has 2 heterocycles. The van der Waals surface area contributed by atoms with E-state index in [-0.39, 0.29) is 23.8 Å². The minimum atomic E-state index is -1.20. The van der Waals surface area contributed by atoms with E-state index in [4.69, 9.17) is 9.84 Å². The number of carboxylic acid groups (broad SMARTS) is 1. The summed E-state index contributed by atoms with van der Waals surface area (Å²) in [6.45, 7) is 4.60. The highest BCUT2D eigenvalue weighted by Gasteiger charge is 2.31. The van der Waals surface area contributed by atoms with Crippen LogP contribution in [-0.4, -0.2) is 77.1 Å². The van der Waals surface area contributed by atoms with Crippen LogP contribution in [0.4, 0.5) is 4.79 Å². The molecule has 154 valence electrons. The molecular weight excluding hydrogens is 364 g/mol. The number of aromatic nitrogens is 1. The van der Waals surface area contributed by atoms with Gasteiger partial charge in [-0.1, -0.05) is 13.8 Å². The standard InChI is InChI=1S/C19H28N4O5/c1-12(2)16(21-19(26)27)18(25)23-9-7-14(8-10-23)28-15-6-5-13(11-20-15)17(24)22(3)4/h5-6,11-12,14,16,21H,7-10H2,1-4H3,(H,26,27)/t16-/m0/s1. The highest BCUT2D eigenvalue weighted by atomic mass is 16.5. The number of piperidine rings is 1. The maximum atomic E-state index is 12.6. The maximum absolute atomic E-state index is 12.6. The molecule has 0 aliphatic carbocycles. The number of likely N-dealkylation sites (tertiary alicyclic amines) is 1. The lowest BCUT2D eigenvalue weighted by atomic mass is 10.0. The van der Waals surface area contributed by atoms with Gasteiger partial charge in [0, 0.05) is 52.3 Å². The molecule has 1 aliphatic rings. The van der Waals surface area contributed by atoms with Gasteiger partial charge in [-0.3, -0.25) is 9.59 Å². The number of carbonyl (C=O) groups is 3. The zero-order valence-corrected chi connectivity index (χ0v) is 16.7. The fourth-order valence-corrected chi connectivity index (χ4v) is 3.04. The van der Waals surface area contributed by atoms with Crippen LogP contribution in [0.15, 0.2) is 18.3 Å². The molecular formula is C19H28N4O5. The van der Waals surface area contributed by atoms with Crippen molar-refractivity contribution in [1.82, 2.24) is 20.1 Å². The third-order valence-corrected chi connectivity index (χ3v) is 4.64. The van der Waals surface area contributed by atoms with E-state index < -0.39 is 12.1 Å². The van der Waals surface area contributed by atoms with Crippen LogP contribution < -0.4 is 10.1 Å². The first kappa shape index (κ1) is 21.5. The Kier molecular flexibility index (Phi) is 7.19. The van der Waals surface area contributed by atoms with Crippen LogP contribution in [-0.2, 0) is 4.79 Å². The van der Waals surface area contributed by atoms with Gasteiger partial charge >= 0.3 is 6.09 Å². The number of rotatable bonds is 6. The van der Waals surface area contributed by atoms with E-state index in [2.05, 4.69) is 10.3 Å². The lowest BCUT2D eigenvalue weighted by Crippen LogP contribution is -2.53. The largest absolute Gasteiger partial charge is 0.474 e. The summed E-state index contributed by atoms with van der Waals surface area (Å²) in [4.78, 5) is 42.8. The zero-order valence-electron chi connectivity index (χ0n) is 16.7. The Morgan fingerprint density at radius 2 is 1.89 bits per heavy atom. The second-order valence-electron chi connectivity index (χ2n) is 7.40. The first-order valence-electron chi connectivity index (χ1n) is 9.31. The molecule has 0 bridgehead atoms. The molecule has 0 radical (unpaired) electrons. The number of pyridine rings is 1. The van der Waals surface area contributed by atoms with Crippen molar-refractivity contribution < 1.29 is 24.2 Å². The summed E-state index contributed by atoms with van der Waals surface area (Å²) in [6, 6.07) is 2.59. The lowest BCUT2D eigenvalue weighted by molar-refractivity contribution is -0.136. The molecule has 1 aromatic rings. The number of carbonyl (C=O) groups excluding carboxylic acids is 2. The second kappa shape index (κ2) is 9.38. The minimum Gasteiger partial charge on any atom is -0.474 e. The average Bonchev–Trinajstić information content (AvgIpc) is 2.66. The van der Waals surface area contributed by atoms with Gasteiger partial charge in [0.1, 0.15) is 12.1 Å². The Bertz CT molecular complexity index is 697. The Balaban J connectivity index is 1.89. The van der Waals surface area contributed by atoms with Crippen LogP contribution in [0.2, 0.25) is 0 Å². The molecule has 0 saturated carbocycles. The van der Waals surface area contributed by atoms with Crippen molar-refractivity contribution in [2.75, 3.05) is 27.2 Å². The summed E-state index contributed by atoms with van der Waals surface area (Å²) in [5.74, 6) is -0.0288. The third-order valence-electron chi connectivity index (χ3n) is 4.64. The zero-order chi connectivity index (χ0) is 20.8. The van der Waals surface area contributed by atoms with Crippen LogP contribution >= 0.6 is 0 Å². The number of amides is 3. The van der Waals surface area contributed by atoms with E-state index in [1.54, 1.807) is 31.1 Å². The number of hydrogen-bond acceptors (Lipinski definition) is 5. The van der Waals surface area contributed by atoms with Gasteiger partial charge in [-0.05, 0) is 12.0 Å². The number of hydrogen-bond donors (Lipinski definition) is 2. The molecule has 0 spiro atoms. The molecule has 1 fully saturated rings. The molecule has 3 amide bonds. The van der Waals surface area contributed by atoms with Gasteiger partial charge in [-0.15, -0.1) is 0 Å². The van der Waals surface area contributed by atoms with Gasteiger partial charge in [-0.25, -0.2) is 9.78 Å². The summed E-state index contributed by atoms with van der Waals surface area (Å²) < 4.78 is 5.87. The molecule has 0 unspecified atom stereocenters. The van der Waals surface area contributed by atoms with Gasteiger partial charge in [0.15, 0.2) is 0 Å². The molecule has 1 aromatic heterocycles. The Morgan fingerprint density at radius 3 is 2.36 bits per heavy atom. The molecule has 1 saturated heterocycles. The van der Waals surface area contributed by atoms with Gasteiger partial charge in [0.05, 0.1) is 5.56 Å². The molecule has 2 N–H and O–H groups in total. The quantitative estimate of drug-likeness (QED) is 0.758. The van der Waals surface area contributed by atoms with E-state index in [0.717, 1.165) is 0 Å². The second-order valence-corrected chi connectivity index (χ2v) is 7.40. The number of ether oxygens (including phenoxy) is 1. The van der Waals surface area contributed by atoms with Gasteiger partial charge < -0.3 is 25.0 Å². The van der Waals surface area contributed by atoms with Crippen molar-refractivity contribution in [3.63, 3.8) is 0 Å². The predicted octanol–water partition coefficient (Wildman–Crippen LogP) is 1.45. The first-order chi connectivity index (χ1) is 13.2. The molecule has 9 heteroatoms.